The summed E-state index contributed by atoms with van der Waals surface area (Å²) in [5, 5.41) is 0. The summed E-state index contributed by atoms with van der Waals surface area (Å²) in [5.41, 5.74) is 3.69. The number of amides is 2. The molecule has 2 aliphatic heterocycles. The minimum atomic E-state index is -0.494. The third-order valence-corrected chi connectivity index (χ3v) is 5.10. The summed E-state index contributed by atoms with van der Waals surface area (Å²) in [6.45, 7) is 5.94. The lowest BCUT2D eigenvalue weighted by molar-refractivity contribution is -0.121. The number of hydrogen-bond donors (Lipinski definition) is 0. The molecule has 2 heterocycles. The van der Waals surface area contributed by atoms with Gasteiger partial charge in [0.1, 0.15) is 11.5 Å². The molecular formula is C22H21FN2O3. The number of nitrogens with zero attached hydrogens (tertiary/aromatic N) is 2. The first-order chi connectivity index (χ1) is 13.5. The molecule has 2 aliphatic rings. The highest BCUT2D eigenvalue weighted by atomic mass is 19.1. The van der Waals surface area contributed by atoms with Gasteiger partial charge in [-0.05, 0) is 43.2 Å². The number of carbonyl (C=O) groups excluding carboxylic acids is 2. The number of imide groups is 1. The second kappa shape index (κ2) is 7.20. The molecule has 28 heavy (non-hydrogen) atoms. The van der Waals surface area contributed by atoms with Crippen LogP contribution in [-0.2, 0) is 14.3 Å². The van der Waals surface area contributed by atoms with Crippen LogP contribution in [-0.4, -0.2) is 43.0 Å². The molecule has 2 aromatic carbocycles. The molecular weight excluding hydrogens is 359 g/mol. The third-order valence-electron chi connectivity index (χ3n) is 5.10. The minimum absolute atomic E-state index is 0.237. The monoisotopic (exact) mass is 380 g/mol. The summed E-state index contributed by atoms with van der Waals surface area (Å²) in [6, 6.07) is 11.3. The van der Waals surface area contributed by atoms with Crippen LogP contribution in [0.15, 0.2) is 48.2 Å². The zero-order valence-electron chi connectivity index (χ0n) is 15.9. The molecule has 2 aromatic rings. The van der Waals surface area contributed by atoms with Crippen LogP contribution < -0.4 is 4.90 Å². The number of hydrogen-bond acceptors (Lipinski definition) is 4. The average Bonchev–Trinajstić information content (AvgIpc) is 2.93. The first-order valence-corrected chi connectivity index (χ1v) is 9.26. The molecule has 1 fully saturated rings. The van der Waals surface area contributed by atoms with Crippen LogP contribution in [0.5, 0.6) is 0 Å². The maximum Gasteiger partial charge on any atom is 0.282 e. The van der Waals surface area contributed by atoms with Crippen molar-refractivity contribution in [3.05, 3.63) is 70.7 Å². The van der Waals surface area contributed by atoms with Gasteiger partial charge in [-0.2, -0.15) is 0 Å². The van der Waals surface area contributed by atoms with E-state index in [-0.39, 0.29) is 5.69 Å². The van der Waals surface area contributed by atoms with E-state index < -0.39 is 17.6 Å². The van der Waals surface area contributed by atoms with E-state index in [1.54, 1.807) is 6.07 Å². The van der Waals surface area contributed by atoms with Crippen molar-refractivity contribution >= 4 is 23.1 Å². The lowest BCUT2D eigenvalue weighted by atomic mass is 9.97. The van der Waals surface area contributed by atoms with Gasteiger partial charge >= 0.3 is 0 Å². The Balaban J connectivity index is 1.87. The van der Waals surface area contributed by atoms with Crippen molar-refractivity contribution in [3.63, 3.8) is 0 Å². The maximum atomic E-state index is 13.8. The fraction of sp³-hybridized carbons (Fsp3) is 0.273. The van der Waals surface area contributed by atoms with E-state index in [0.29, 0.717) is 37.6 Å². The molecule has 0 saturated carbocycles. The van der Waals surface area contributed by atoms with Crippen LogP contribution in [0.2, 0.25) is 0 Å². The van der Waals surface area contributed by atoms with Crippen molar-refractivity contribution in [2.45, 2.75) is 13.8 Å². The molecule has 0 radical (unpaired) electrons. The van der Waals surface area contributed by atoms with Crippen molar-refractivity contribution < 1.29 is 18.7 Å². The summed E-state index contributed by atoms with van der Waals surface area (Å²) in [6.07, 6.45) is 0. The van der Waals surface area contributed by atoms with Gasteiger partial charge in [-0.3, -0.25) is 9.59 Å². The normalized spacial score (nSPS) is 17.7. The number of benzene rings is 2. The van der Waals surface area contributed by atoms with Crippen molar-refractivity contribution in [3.8, 4) is 0 Å². The molecule has 0 atom stereocenters. The second-order valence-electron chi connectivity index (χ2n) is 7.07. The van der Waals surface area contributed by atoms with Crippen molar-refractivity contribution in [1.82, 2.24) is 4.90 Å². The lowest BCUT2D eigenvalue weighted by Crippen LogP contribution is -2.40. The summed E-state index contributed by atoms with van der Waals surface area (Å²) in [4.78, 5) is 29.7. The topological polar surface area (TPSA) is 49.9 Å². The zero-order valence-corrected chi connectivity index (χ0v) is 15.9. The van der Waals surface area contributed by atoms with E-state index in [1.807, 2.05) is 36.9 Å². The summed E-state index contributed by atoms with van der Waals surface area (Å²) in [5.74, 6) is -1.34. The highest BCUT2D eigenvalue weighted by Crippen LogP contribution is 2.36. The Hall–Kier alpha value is -2.99. The highest BCUT2D eigenvalue weighted by Gasteiger charge is 2.43. The Morgan fingerprint density at radius 2 is 1.71 bits per heavy atom. The minimum Gasteiger partial charge on any atom is -0.378 e. The van der Waals surface area contributed by atoms with Crippen LogP contribution in [0.1, 0.15) is 16.7 Å². The van der Waals surface area contributed by atoms with Gasteiger partial charge in [0.2, 0.25) is 0 Å². The largest absolute Gasteiger partial charge is 0.378 e. The number of rotatable bonds is 3. The van der Waals surface area contributed by atoms with E-state index in [1.165, 1.54) is 18.2 Å². The predicted octanol–water partition coefficient (Wildman–Crippen LogP) is 3.06. The average molecular weight is 380 g/mol. The molecule has 5 nitrogen and oxygen atoms in total. The predicted molar refractivity (Wildman–Crippen MR) is 104 cm³/mol. The van der Waals surface area contributed by atoms with Crippen LogP contribution in [0, 0.1) is 19.7 Å². The Kier molecular flexibility index (Phi) is 4.73. The second-order valence-corrected chi connectivity index (χ2v) is 7.07. The number of anilines is 1. The van der Waals surface area contributed by atoms with E-state index >= 15 is 0 Å². The fourth-order valence-corrected chi connectivity index (χ4v) is 3.79. The Bertz CT molecular complexity index is 993. The maximum absolute atomic E-state index is 13.8. The molecule has 144 valence electrons. The molecule has 0 N–H and O–H groups in total. The SMILES string of the molecule is Cc1ccc(C2=C(N3CCOCC3)C(=O)N(c3cccc(F)c3)C2=O)c(C)c1. The summed E-state index contributed by atoms with van der Waals surface area (Å²) in [7, 11) is 0. The van der Waals surface area contributed by atoms with Crippen molar-refractivity contribution in [2.75, 3.05) is 31.2 Å². The molecule has 1 saturated heterocycles. The lowest BCUT2D eigenvalue weighted by Gasteiger charge is -2.29. The van der Waals surface area contributed by atoms with Gasteiger partial charge in [-0.1, -0.05) is 29.8 Å². The van der Waals surface area contributed by atoms with Crippen LogP contribution in [0.3, 0.4) is 0 Å². The van der Waals surface area contributed by atoms with Gasteiger partial charge in [0.15, 0.2) is 0 Å². The summed E-state index contributed by atoms with van der Waals surface area (Å²) < 4.78 is 19.2. The molecule has 0 spiro atoms. The highest BCUT2D eigenvalue weighted by molar-refractivity contribution is 6.45. The number of aryl methyl sites for hydroxylation is 2. The smallest absolute Gasteiger partial charge is 0.282 e. The van der Waals surface area contributed by atoms with Gasteiger partial charge in [0, 0.05) is 13.1 Å². The third kappa shape index (κ3) is 3.10. The molecule has 6 heteroatoms. The molecule has 2 amide bonds. The standard InChI is InChI=1S/C22H21FN2O3/c1-14-6-7-18(15(2)12-14)19-20(24-8-10-28-11-9-24)22(27)25(21(19)26)17-5-3-4-16(23)13-17/h3-7,12-13H,8-11H2,1-2H3. The van der Waals surface area contributed by atoms with Gasteiger partial charge in [0.05, 0.1) is 24.5 Å². The number of morpholine rings is 1. The van der Waals surface area contributed by atoms with E-state index in [0.717, 1.165) is 21.6 Å². The van der Waals surface area contributed by atoms with Gasteiger partial charge in [-0.25, -0.2) is 9.29 Å². The van der Waals surface area contributed by atoms with E-state index in [4.69, 9.17) is 4.74 Å². The zero-order chi connectivity index (χ0) is 19.8. The van der Waals surface area contributed by atoms with Crippen molar-refractivity contribution in [1.29, 1.82) is 0 Å². The molecule has 0 bridgehead atoms. The van der Waals surface area contributed by atoms with E-state index in [9.17, 15) is 14.0 Å². The molecule has 0 aliphatic carbocycles. The van der Waals surface area contributed by atoms with Gasteiger partial charge in [0.25, 0.3) is 11.8 Å². The Morgan fingerprint density at radius 3 is 2.39 bits per heavy atom. The summed E-state index contributed by atoms with van der Waals surface area (Å²) >= 11 is 0. The first-order valence-electron chi connectivity index (χ1n) is 9.26. The fourth-order valence-electron chi connectivity index (χ4n) is 3.79. The quantitative estimate of drug-likeness (QED) is 0.768. The van der Waals surface area contributed by atoms with Crippen LogP contribution in [0.4, 0.5) is 10.1 Å². The van der Waals surface area contributed by atoms with Crippen LogP contribution >= 0.6 is 0 Å². The molecule has 0 aromatic heterocycles. The Morgan fingerprint density at radius 1 is 0.964 bits per heavy atom. The van der Waals surface area contributed by atoms with E-state index in [2.05, 4.69) is 0 Å². The van der Waals surface area contributed by atoms with Gasteiger partial charge < -0.3 is 9.64 Å². The molecule has 4 rings (SSSR count). The van der Waals surface area contributed by atoms with Gasteiger partial charge in [-0.15, -0.1) is 0 Å². The number of ether oxygens (including phenoxy) is 1. The Labute approximate surface area is 163 Å². The number of halogens is 1. The molecule has 0 unspecified atom stereocenters. The first kappa shape index (κ1) is 18.4. The van der Waals surface area contributed by atoms with Crippen LogP contribution in [0.25, 0.3) is 5.57 Å². The van der Waals surface area contributed by atoms with Crippen molar-refractivity contribution in [2.24, 2.45) is 0 Å². The number of carbonyl (C=O) groups is 2.